The number of imidazole rings is 1. The number of aromatic nitrogens is 2. The van der Waals surface area contributed by atoms with Gasteiger partial charge in [-0.15, -0.1) is 22.7 Å². The number of hydrogen-bond acceptors (Lipinski definition) is 5. The highest BCUT2D eigenvalue weighted by atomic mass is 79.9. The van der Waals surface area contributed by atoms with E-state index in [0.29, 0.717) is 10.6 Å². The first kappa shape index (κ1) is 14.2. The number of rotatable bonds is 3. The van der Waals surface area contributed by atoms with Gasteiger partial charge in [0.2, 0.25) is 5.91 Å². The second kappa shape index (κ2) is 5.96. The van der Waals surface area contributed by atoms with Gasteiger partial charge in [0.25, 0.3) is 5.91 Å². The fourth-order valence-electron chi connectivity index (χ4n) is 1.69. The van der Waals surface area contributed by atoms with E-state index in [1.54, 1.807) is 18.3 Å². The molecule has 3 aromatic heterocycles. The monoisotopic (exact) mass is 384 g/mol. The molecule has 0 aromatic carbocycles. The molecule has 0 saturated carbocycles. The number of halogens is 1. The number of hydrazine groups is 1. The lowest BCUT2D eigenvalue weighted by molar-refractivity contribution is -0.121. The van der Waals surface area contributed by atoms with Crippen LogP contribution in [0.1, 0.15) is 15.4 Å². The molecule has 0 aliphatic rings. The summed E-state index contributed by atoms with van der Waals surface area (Å²) in [6, 6.07) is 3.46. The summed E-state index contributed by atoms with van der Waals surface area (Å²) in [7, 11) is 0. The number of hydrogen-bond donors (Lipinski definition) is 2. The fourth-order valence-corrected chi connectivity index (χ4v) is 3.69. The van der Waals surface area contributed by atoms with Crippen LogP contribution in [-0.2, 0) is 11.2 Å². The molecule has 0 spiro atoms. The molecule has 108 valence electrons. The minimum atomic E-state index is -0.343. The first-order chi connectivity index (χ1) is 10.1. The Morgan fingerprint density at radius 3 is 2.90 bits per heavy atom. The molecule has 3 heterocycles. The maximum absolute atomic E-state index is 11.8. The van der Waals surface area contributed by atoms with Crippen LogP contribution < -0.4 is 10.9 Å². The van der Waals surface area contributed by atoms with Crippen molar-refractivity contribution in [2.24, 2.45) is 0 Å². The van der Waals surface area contributed by atoms with Crippen molar-refractivity contribution in [2.45, 2.75) is 6.42 Å². The molecule has 9 heteroatoms. The van der Waals surface area contributed by atoms with Crippen LogP contribution in [-0.4, -0.2) is 21.2 Å². The minimum Gasteiger partial charge on any atom is -0.297 e. The van der Waals surface area contributed by atoms with Gasteiger partial charge in [0, 0.05) is 17.8 Å². The predicted molar refractivity (Wildman–Crippen MR) is 84.4 cm³/mol. The van der Waals surface area contributed by atoms with Crippen molar-refractivity contribution in [3.8, 4) is 0 Å². The zero-order valence-corrected chi connectivity index (χ0v) is 13.7. The van der Waals surface area contributed by atoms with E-state index in [4.69, 9.17) is 0 Å². The van der Waals surface area contributed by atoms with E-state index < -0.39 is 0 Å². The smallest absolute Gasteiger partial charge is 0.279 e. The van der Waals surface area contributed by atoms with Gasteiger partial charge in [-0.25, -0.2) is 4.98 Å². The van der Waals surface area contributed by atoms with E-state index >= 15 is 0 Å². The standard InChI is InChI=1S/C12H9BrN4O2S2/c13-9-2-1-8(21-9)11(19)16-15-10(18)5-7-6-17-3-4-20-12(17)14-7/h1-4,6H,5H2,(H,15,18)(H,16,19). The van der Waals surface area contributed by atoms with Gasteiger partial charge in [0.05, 0.1) is 20.8 Å². The molecule has 0 fully saturated rings. The van der Waals surface area contributed by atoms with Crippen molar-refractivity contribution in [2.75, 3.05) is 0 Å². The van der Waals surface area contributed by atoms with Gasteiger partial charge in [-0.2, -0.15) is 0 Å². The zero-order valence-electron chi connectivity index (χ0n) is 10.5. The molecule has 3 aromatic rings. The Bertz CT molecular complexity index is 779. The van der Waals surface area contributed by atoms with Crippen LogP contribution >= 0.6 is 38.6 Å². The number of thiazole rings is 1. The van der Waals surface area contributed by atoms with Gasteiger partial charge in [-0.05, 0) is 28.1 Å². The van der Waals surface area contributed by atoms with E-state index in [9.17, 15) is 9.59 Å². The van der Waals surface area contributed by atoms with E-state index in [1.807, 2.05) is 16.0 Å². The van der Waals surface area contributed by atoms with Crippen LogP contribution in [0.25, 0.3) is 4.96 Å². The maximum Gasteiger partial charge on any atom is 0.279 e. The summed E-state index contributed by atoms with van der Waals surface area (Å²) >= 11 is 6.07. The number of nitrogens with zero attached hydrogens (tertiary/aromatic N) is 2. The van der Waals surface area contributed by atoms with Gasteiger partial charge in [-0.1, -0.05) is 0 Å². The Hall–Kier alpha value is -1.71. The Kier molecular flexibility index (Phi) is 4.04. The van der Waals surface area contributed by atoms with E-state index in [1.165, 1.54) is 22.7 Å². The van der Waals surface area contributed by atoms with Crippen molar-refractivity contribution >= 4 is 55.4 Å². The van der Waals surface area contributed by atoms with E-state index in [0.717, 1.165) is 8.75 Å². The third-order valence-electron chi connectivity index (χ3n) is 2.60. The summed E-state index contributed by atoms with van der Waals surface area (Å²) in [5, 5.41) is 1.92. The molecule has 0 saturated heterocycles. The van der Waals surface area contributed by atoms with Crippen LogP contribution in [0.15, 0.2) is 33.7 Å². The number of fused-ring (bicyclic) bond motifs is 1. The lowest BCUT2D eigenvalue weighted by Crippen LogP contribution is -2.42. The molecule has 2 amide bonds. The number of carbonyl (C=O) groups is 2. The van der Waals surface area contributed by atoms with Gasteiger partial charge < -0.3 is 0 Å². The van der Waals surface area contributed by atoms with Crippen molar-refractivity contribution in [3.63, 3.8) is 0 Å². The third kappa shape index (κ3) is 3.31. The highest BCUT2D eigenvalue weighted by Crippen LogP contribution is 2.21. The summed E-state index contributed by atoms with van der Waals surface area (Å²) in [4.78, 5) is 29.2. The van der Waals surface area contributed by atoms with Gasteiger partial charge in [0.1, 0.15) is 0 Å². The van der Waals surface area contributed by atoms with Crippen LogP contribution in [0.2, 0.25) is 0 Å². The number of nitrogens with one attached hydrogen (secondary N) is 2. The quantitative estimate of drug-likeness (QED) is 0.679. The average molecular weight is 385 g/mol. The highest BCUT2D eigenvalue weighted by molar-refractivity contribution is 9.11. The molecule has 2 N–H and O–H groups in total. The summed E-state index contributed by atoms with van der Waals surface area (Å²) in [6.07, 6.45) is 3.79. The van der Waals surface area contributed by atoms with Crippen LogP contribution in [0.4, 0.5) is 0 Å². The highest BCUT2D eigenvalue weighted by Gasteiger charge is 2.11. The number of carbonyl (C=O) groups excluding carboxylic acids is 2. The lowest BCUT2D eigenvalue weighted by Gasteiger charge is -2.04. The van der Waals surface area contributed by atoms with Crippen LogP contribution in [0, 0.1) is 0 Å². The Morgan fingerprint density at radius 1 is 1.33 bits per heavy atom. The molecule has 3 rings (SSSR count). The van der Waals surface area contributed by atoms with Crippen LogP contribution in [0.5, 0.6) is 0 Å². The number of amides is 2. The summed E-state index contributed by atoms with van der Waals surface area (Å²) in [5.41, 5.74) is 5.42. The van der Waals surface area contributed by atoms with Crippen LogP contribution in [0.3, 0.4) is 0 Å². The molecule has 0 bridgehead atoms. The number of thiophene rings is 1. The second-order valence-electron chi connectivity index (χ2n) is 4.11. The molecule has 0 atom stereocenters. The summed E-state index contributed by atoms with van der Waals surface area (Å²) in [6.45, 7) is 0. The zero-order chi connectivity index (χ0) is 14.8. The minimum absolute atomic E-state index is 0.114. The maximum atomic E-state index is 11.8. The average Bonchev–Trinajstić information content (AvgIpc) is 3.11. The third-order valence-corrected chi connectivity index (χ3v) is 4.99. The SMILES string of the molecule is O=C(Cc1cn2ccsc2n1)NNC(=O)c1ccc(Br)s1. The molecular formula is C12H9BrN4O2S2. The first-order valence-electron chi connectivity index (χ1n) is 5.87. The Labute approximate surface area is 135 Å². The fraction of sp³-hybridized carbons (Fsp3) is 0.0833. The first-order valence-corrected chi connectivity index (χ1v) is 8.36. The van der Waals surface area contributed by atoms with E-state index in [-0.39, 0.29) is 18.2 Å². The predicted octanol–water partition coefficient (Wildman–Crippen LogP) is 2.22. The normalized spacial score (nSPS) is 10.7. The molecule has 0 unspecified atom stereocenters. The molecule has 0 radical (unpaired) electrons. The molecule has 6 nitrogen and oxygen atoms in total. The second-order valence-corrected chi connectivity index (χ2v) is 7.44. The molecule has 0 aliphatic heterocycles. The van der Waals surface area contributed by atoms with Crippen molar-refractivity contribution in [3.05, 3.63) is 44.3 Å². The topological polar surface area (TPSA) is 75.5 Å². The largest absolute Gasteiger partial charge is 0.297 e. The Balaban J connectivity index is 1.54. The van der Waals surface area contributed by atoms with Gasteiger partial charge in [0.15, 0.2) is 4.96 Å². The van der Waals surface area contributed by atoms with Crippen molar-refractivity contribution < 1.29 is 9.59 Å². The van der Waals surface area contributed by atoms with Crippen molar-refractivity contribution in [1.82, 2.24) is 20.2 Å². The molecule has 0 aliphatic carbocycles. The van der Waals surface area contributed by atoms with Crippen molar-refractivity contribution in [1.29, 1.82) is 0 Å². The summed E-state index contributed by atoms with van der Waals surface area (Å²) in [5.74, 6) is -0.658. The Morgan fingerprint density at radius 2 is 2.19 bits per heavy atom. The summed E-state index contributed by atoms with van der Waals surface area (Å²) < 4.78 is 2.71. The van der Waals surface area contributed by atoms with Gasteiger partial charge in [-0.3, -0.25) is 24.8 Å². The molecule has 21 heavy (non-hydrogen) atoms. The van der Waals surface area contributed by atoms with E-state index in [2.05, 4.69) is 31.8 Å². The van der Waals surface area contributed by atoms with Gasteiger partial charge >= 0.3 is 0 Å². The molecular weight excluding hydrogens is 376 g/mol. The lowest BCUT2D eigenvalue weighted by atomic mass is 10.3.